The quantitative estimate of drug-likeness (QED) is 0.620. The first kappa shape index (κ1) is 16.7. The maximum atomic E-state index is 12.3. The van der Waals surface area contributed by atoms with Crippen LogP contribution in [0.4, 0.5) is 0 Å². The molecule has 1 aromatic rings. The van der Waals surface area contributed by atoms with Gasteiger partial charge >= 0.3 is 0 Å². The van der Waals surface area contributed by atoms with Gasteiger partial charge in [0.2, 0.25) is 0 Å². The molecule has 0 aliphatic carbocycles. The largest absolute Gasteiger partial charge is 0.338 e. The van der Waals surface area contributed by atoms with Crippen LogP contribution in [0.15, 0.2) is 18.3 Å². The zero-order valence-electron chi connectivity index (χ0n) is 12.9. The van der Waals surface area contributed by atoms with E-state index in [0.717, 1.165) is 13.1 Å². The van der Waals surface area contributed by atoms with Crippen molar-refractivity contribution in [3.05, 3.63) is 23.9 Å². The maximum absolute atomic E-state index is 12.3. The number of pyridine rings is 1. The Morgan fingerprint density at radius 2 is 2.10 bits per heavy atom. The van der Waals surface area contributed by atoms with Gasteiger partial charge in [-0.15, -0.1) is 0 Å². The summed E-state index contributed by atoms with van der Waals surface area (Å²) in [4.78, 5) is 18.1. The first-order chi connectivity index (χ1) is 9.33. The van der Waals surface area contributed by atoms with Gasteiger partial charge in [0.15, 0.2) is 0 Å². The Morgan fingerprint density at radius 3 is 2.60 bits per heavy atom. The average molecular weight is 273 g/mol. The second-order valence-corrected chi connectivity index (χ2v) is 6.09. The highest BCUT2D eigenvalue weighted by atomic mass is 16.2. The molecule has 1 heterocycles. The molecule has 1 aromatic heterocycles. The fourth-order valence-electron chi connectivity index (χ4n) is 1.80. The summed E-state index contributed by atoms with van der Waals surface area (Å²) in [5, 5.41) is 3.38. The van der Waals surface area contributed by atoms with Gasteiger partial charge in [0, 0.05) is 32.4 Å². The molecule has 0 fully saturated rings. The van der Waals surface area contributed by atoms with Gasteiger partial charge in [-0.25, -0.2) is 0 Å². The standard InChI is InChI=1S/C15H24BN3O/c1-5-19(9-8-17-11-15(2,3)4)14(20)12-6-7-13(16)18-10-12/h6-7,10,17H,5,8-9,11H2,1-4H3. The molecule has 4 nitrogen and oxygen atoms in total. The monoisotopic (exact) mass is 273 g/mol. The molecule has 5 heteroatoms. The molecule has 0 saturated heterocycles. The summed E-state index contributed by atoms with van der Waals surface area (Å²) in [5.41, 5.74) is 1.26. The van der Waals surface area contributed by atoms with Crippen LogP contribution in [-0.2, 0) is 0 Å². The van der Waals surface area contributed by atoms with Gasteiger partial charge in [0.05, 0.1) is 5.56 Å². The third kappa shape index (κ3) is 5.74. The van der Waals surface area contributed by atoms with Gasteiger partial charge < -0.3 is 10.2 Å². The zero-order chi connectivity index (χ0) is 15.2. The zero-order valence-corrected chi connectivity index (χ0v) is 12.9. The average Bonchev–Trinajstić information content (AvgIpc) is 2.38. The van der Waals surface area contributed by atoms with Gasteiger partial charge in [0.25, 0.3) is 5.91 Å². The highest BCUT2D eigenvalue weighted by Gasteiger charge is 2.14. The van der Waals surface area contributed by atoms with Crippen molar-refractivity contribution in [1.82, 2.24) is 15.2 Å². The minimum absolute atomic E-state index is 0.00226. The van der Waals surface area contributed by atoms with Crippen LogP contribution in [0.3, 0.4) is 0 Å². The third-order valence-corrected chi connectivity index (χ3v) is 2.92. The number of hydrogen-bond acceptors (Lipinski definition) is 3. The van der Waals surface area contributed by atoms with Crippen molar-refractivity contribution in [2.45, 2.75) is 27.7 Å². The normalized spacial score (nSPS) is 11.4. The molecule has 0 unspecified atom stereocenters. The Labute approximate surface area is 123 Å². The number of carbonyl (C=O) groups is 1. The van der Waals surface area contributed by atoms with Crippen LogP contribution in [0.5, 0.6) is 0 Å². The highest BCUT2D eigenvalue weighted by molar-refractivity contribution is 6.30. The molecule has 0 aliphatic rings. The van der Waals surface area contributed by atoms with Crippen LogP contribution in [-0.4, -0.2) is 49.8 Å². The second kappa shape index (κ2) is 7.43. The second-order valence-electron chi connectivity index (χ2n) is 6.09. The lowest BCUT2D eigenvalue weighted by molar-refractivity contribution is 0.0764. The predicted octanol–water partition coefficient (Wildman–Crippen LogP) is 0.973. The third-order valence-electron chi connectivity index (χ3n) is 2.92. The lowest BCUT2D eigenvalue weighted by Gasteiger charge is -2.23. The molecule has 0 atom stereocenters. The molecule has 20 heavy (non-hydrogen) atoms. The molecule has 0 aliphatic heterocycles. The Morgan fingerprint density at radius 1 is 1.40 bits per heavy atom. The molecule has 1 amide bonds. The van der Waals surface area contributed by atoms with Gasteiger partial charge in [0.1, 0.15) is 7.85 Å². The van der Waals surface area contributed by atoms with Crippen LogP contribution in [0.2, 0.25) is 0 Å². The molecule has 0 saturated carbocycles. The smallest absolute Gasteiger partial charge is 0.255 e. The Bertz CT molecular complexity index is 426. The summed E-state index contributed by atoms with van der Waals surface area (Å²) in [6, 6.07) is 3.37. The molecule has 0 spiro atoms. The van der Waals surface area contributed by atoms with E-state index in [-0.39, 0.29) is 11.3 Å². The number of rotatable bonds is 6. The number of nitrogens with zero attached hydrogens (tertiary/aromatic N) is 2. The number of carbonyl (C=O) groups excluding carboxylic acids is 1. The van der Waals surface area contributed by atoms with E-state index >= 15 is 0 Å². The van der Waals surface area contributed by atoms with Gasteiger partial charge in [-0.1, -0.05) is 26.8 Å². The first-order valence-electron chi connectivity index (χ1n) is 7.05. The Balaban J connectivity index is 2.49. The Kier molecular flexibility index (Phi) is 6.21. The minimum Gasteiger partial charge on any atom is -0.338 e. The number of amides is 1. The van der Waals surface area contributed by atoms with Crippen molar-refractivity contribution < 1.29 is 4.79 Å². The summed E-state index contributed by atoms with van der Waals surface area (Å²) in [5.74, 6) is -0.00226. The number of nitrogens with one attached hydrogen (secondary N) is 1. The van der Waals surface area contributed by atoms with E-state index < -0.39 is 0 Å². The van der Waals surface area contributed by atoms with Crippen LogP contribution in [0.1, 0.15) is 38.1 Å². The topological polar surface area (TPSA) is 45.2 Å². The molecular weight excluding hydrogens is 249 g/mol. The van der Waals surface area contributed by atoms with Crippen molar-refractivity contribution in [2.75, 3.05) is 26.2 Å². The fraction of sp³-hybridized carbons (Fsp3) is 0.600. The molecule has 0 bridgehead atoms. The van der Waals surface area contributed by atoms with E-state index in [0.29, 0.717) is 24.2 Å². The lowest BCUT2D eigenvalue weighted by atomic mass is 9.97. The van der Waals surface area contributed by atoms with Crippen LogP contribution in [0, 0.1) is 5.41 Å². The minimum atomic E-state index is -0.00226. The van der Waals surface area contributed by atoms with E-state index in [1.54, 1.807) is 12.1 Å². The summed E-state index contributed by atoms with van der Waals surface area (Å²) in [6.07, 6.45) is 1.53. The van der Waals surface area contributed by atoms with Crippen molar-refractivity contribution >= 4 is 19.3 Å². The molecule has 2 radical (unpaired) electrons. The summed E-state index contributed by atoms with van der Waals surface area (Å²) in [6.45, 7) is 11.6. The molecule has 1 N–H and O–H groups in total. The first-order valence-corrected chi connectivity index (χ1v) is 7.05. The van der Waals surface area contributed by atoms with Crippen LogP contribution < -0.4 is 10.9 Å². The molecular formula is C15H24BN3O. The van der Waals surface area contributed by atoms with Gasteiger partial charge in [-0.2, -0.15) is 0 Å². The molecule has 0 aromatic carbocycles. The van der Waals surface area contributed by atoms with Crippen LogP contribution >= 0.6 is 0 Å². The molecule has 1 rings (SSSR count). The lowest BCUT2D eigenvalue weighted by Crippen LogP contribution is -2.38. The number of hydrogen-bond donors (Lipinski definition) is 1. The summed E-state index contributed by atoms with van der Waals surface area (Å²) >= 11 is 0. The van der Waals surface area contributed by atoms with E-state index in [4.69, 9.17) is 7.85 Å². The Hall–Kier alpha value is -1.36. The maximum Gasteiger partial charge on any atom is 0.255 e. The molecule has 108 valence electrons. The highest BCUT2D eigenvalue weighted by Crippen LogP contribution is 2.10. The van der Waals surface area contributed by atoms with E-state index in [2.05, 4.69) is 31.1 Å². The van der Waals surface area contributed by atoms with Gasteiger partial charge in [-0.3, -0.25) is 9.78 Å². The number of likely N-dealkylation sites (N-methyl/N-ethyl adjacent to an activating group) is 1. The van der Waals surface area contributed by atoms with Crippen molar-refractivity contribution in [1.29, 1.82) is 0 Å². The van der Waals surface area contributed by atoms with Crippen LogP contribution in [0.25, 0.3) is 0 Å². The van der Waals surface area contributed by atoms with Gasteiger partial charge in [-0.05, 0) is 24.0 Å². The summed E-state index contributed by atoms with van der Waals surface area (Å²) < 4.78 is 0. The van der Waals surface area contributed by atoms with Crippen molar-refractivity contribution in [3.8, 4) is 0 Å². The van der Waals surface area contributed by atoms with Crippen molar-refractivity contribution in [2.24, 2.45) is 5.41 Å². The van der Waals surface area contributed by atoms with E-state index in [1.807, 2.05) is 11.8 Å². The summed E-state index contributed by atoms with van der Waals surface area (Å²) in [7, 11) is 5.53. The predicted molar refractivity (Wildman–Crippen MR) is 83.5 cm³/mol. The fourth-order valence-corrected chi connectivity index (χ4v) is 1.80. The van der Waals surface area contributed by atoms with E-state index in [1.165, 1.54) is 6.20 Å². The van der Waals surface area contributed by atoms with Crippen molar-refractivity contribution in [3.63, 3.8) is 0 Å². The SMILES string of the molecule is [B]c1ccc(C(=O)N(CC)CCNCC(C)(C)C)cn1. The number of aromatic nitrogens is 1. The van der Waals surface area contributed by atoms with E-state index in [9.17, 15) is 4.79 Å².